The molecule has 0 bridgehead atoms. The van der Waals surface area contributed by atoms with Crippen LogP contribution < -0.4 is 28.0 Å². The first-order valence-corrected chi connectivity index (χ1v) is 9.95. The maximum atomic E-state index is 5.97. The summed E-state index contributed by atoms with van der Waals surface area (Å²) in [5, 5.41) is 41.0. The summed E-state index contributed by atoms with van der Waals surface area (Å²) in [6, 6.07) is 0. The molecule has 10 aliphatic heterocycles. The summed E-state index contributed by atoms with van der Waals surface area (Å²) in [5.41, 5.74) is 12.5. The lowest BCUT2D eigenvalue weighted by molar-refractivity contribution is -1.08. The Morgan fingerprint density at radius 3 is 1.62 bits per heavy atom. The van der Waals surface area contributed by atoms with E-state index in [4.69, 9.17) is 5.84 Å². The summed E-state index contributed by atoms with van der Waals surface area (Å²) in [6.07, 6.45) is 0. The first-order valence-electron chi connectivity index (χ1n) is 9.95. The van der Waals surface area contributed by atoms with Gasteiger partial charge < -0.3 is 0 Å². The molecule has 0 unspecified atom stereocenters. The highest BCUT2D eigenvalue weighted by atomic mass is 16.9. The predicted octanol–water partition coefficient (Wildman–Crippen LogP) is -8.31. The average Bonchev–Trinajstić information content (AvgIpc) is 2.74. The first kappa shape index (κ1) is 17.4. The van der Waals surface area contributed by atoms with Crippen LogP contribution in [0.15, 0.2) is 0 Å². The molecule has 0 amide bonds. The molecule has 32 heavy (non-hydrogen) atoms. The van der Waals surface area contributed by atoms with Gasteiger partial charge in [0.15, 0.2) is 0 Å². The third kappa shape index (κ3) is 1.36. The van der Waals surface area contributed by atoms with E-state index in [-0.39, 0.29) is 0 Å². The normalized spacial score (nSPS) is 41.2. The van der Waals surface area contributed by atoms with Crippen LogP contribution in [-0.2, 0) is 0 Å². The lowest BCUT2D eigenvalue weighted by Crippen LogP contribution is -3.24. The molecule has 10 saturated heterocycles. The molecule has 0 aliphatic carbocycles. The number of rotatable bonds is 2. The van der Waals surface area contributed by atoms with E-state index in [2.05, 4.69) is 36.0 Å². The zero-order chi connectivity index (χ0) is 20.9. The van der Waals surface area contributed by atoms with Gasteiger partial charge in [-0.3, -0.25) is 0 Å². The fourth-order valence-electron chi connectivity index (χ4n) is 4.76. The number of nitrogens with two attached hydrogens (primary N) is 1. The SMILES string of the molecule is CCN1N(CC)N2NN3N(NNNN12)N1N3N2N1N1N2N2N3N4N5N(N)N(C)N5N4N3N12. The fourth-order valence-corrected chi connectivity index (χ4v) is 4.76. The summed E-state index contributed by atoms with van der Waals surface area (Å²) >= 11 is 0. The number of hydrogen-bond donors (Lipinski definition) is 5. The van der Waals surface area contributed by atoms with Crippen LogP contribution in [-0.4, -0.2) is 135 Å². The summed E-state index contributed by atoms with van der Waals surface area (Å²) in [6.45, 7) is 5.76. The topological polar surface area (TPSA) is 145 Å². The monoisotopic (exact) mass is 457 g/mol. The predicted molar refractivity (Wildman–Crippen MR) is 84.2 cm³/mol. The molecule has 10 aliphatic rings. The third-order valence-electron chi connectivity index (χ3n) is 6.24. The molecule has 0 aromatic rings. The number of fused-ring (bicyclic) bond motifs is 23. The molecule has 0 aromatic carbocycles. The van der Waals surface area contributed by atoms with E-state index in [0.717, 1.165) is 13.1 Å². The maximum Gasteiger partial charge on any atom is 0.0309 e. The quantitative estimate of drug-likeness (QED) is 0.250. The van der Waals surface area contributed by atoms with Gasteiger partial charge in [0.2, 0.25) is 0 Å². The lowest BCUT2D eigenvalue weighted by atomic mass is 10.7. The molecule has 0 saturated carbocycles. The number of nitrogens with one attached hydrogen (secondary N) is 4. The second-order valence-electron chi connectivity index (χ2n) is 7.55. The van der Waals surface area contributed by atoms with Gasteiger partial charge in [-0.2, -0.15) is 5.53 Å². The number of hydrogen-bond acceptors (Lipinski definition) is 27. The van der Waals surface area contributed by atoms with Crippen LogP contribution in [0.1, 0.15) is 13.8 Å². The van der Waals surface area contributed by atoms with Gasteiger partial charge in [-0.1, -0.05) is 5.23 Å². The highest BCUT2D eigenvalue weighted by Gasteiger charge is 2.93. The third-order valence-corrected chi connectivity index (χ3v) is 6.24. The van der Waals surface area contributed by atoms with Crippen molar-refractivity contribution >= 4 is 0 Å². The Morgan fingerprint density at radius 2 is 1.00 bits per heavy atom. The first-order chi connectivity index (χ1) is 15.7. The van der Waals surface area contributed by atoms with E-state index in [1.54, 1.807) is 20.8 Å². The minimum absolute atomic E-state index is 0.792. The molecule has 10 fully saturated rings. The smallest absolute Gasteiger partial charge is 0.0309 e. The molecule has 6 N–H and O–H groups in total. The Balaban J connectivity index is 0.892. The molecule has 10 rings (SSSR count). The lowest BCUT2D eigenvalue weighted by Gasteiger charge is -2.93. The summed E-state index contributed by atoms with van der Waals surface area (Å²) in [5.74, 6) is 5.97. The van der Waals surface area contributed by atoms with Gasteiger partial charge in [0.25, 0.3) is 0 Å². The largest absolute Gasteiger partial charge is 0.236 e. The Morgan fingerprint density at radius 1 is 0.531 bits per heavy atom. The van der Waals surface area contributed by atoms with Crippen molar-refractivity contribution in [3.05, 3.63) is 0 Å². The Kier molecular flexibility index (Phi) is 2.70. The summed E-state index contributed by atoms with van der Waals surface area (Å²) < 4.78 is 0. The number of hydrazine groups is 36. The van der Waals surface area contributed by atoms with Crippen molar-refractivity contribution in [2.75, 3.05) is 20.1 Å². The Bertz CT molecular complexity index is 906. The molecule has 0 aromatic heterocycles. The van der Waals surface area contributed by atoms with E-state index in [0.29, 0.717) is 0 Å². The van der Waals surface area contributed by atoms with Crippen molar-refractivity contribution in [2.45, 2.75) is 13.8 Å². The molecule has 0 atom stereocenters. The van der Waals surface area contributed by atoms with Gasteiger partial charge in [0.05, 0.1) is 0 Å². The highest BCUT2D eigenvalue weighted by molar-refractivity contribution is 4.79. The van der Waals surface area contributed by atoms with Gasteiger partial charge in [-0.25, -0.2) is 5.84 Å². The molecule has 27 nitrogen and oxygen atoms in total. The van der Waals surface area contributed by atoms with Gasteiger partial charge >= 0.3 is 0 Å². The Hall–Kier alpha value is -1.08. The maximum absolute atomic E-state index is 5.97. The van der Waals surface area contributed by atoms with Crippen LogP contribution >= 0.6 is 0 Å². The molecule has 0 radical (unpaired) electrons. The van der Waals surface area contributed by atoms with E-state index in [1.807, 2.05) is 95.7 Å². The van der Waals surface area contributed by atoms with Crippen molar-refractivity contribution in [1.82, 2.24) is 137 Å². The molecule has 174 valence electrons. The molecule has 0 spiro atoms. The minimum Gasteiger partial charge on any atom is -0.236 e. The van der Waals surface area contributed by atoms with Crippen molar-refractivity contribution in [3.8, 4) is 0 Å². The van der Waals surface area contributed by atoms with Crippen LogP contribution in [0.3, 0.4) is 0 Å². The molecule has 10 heterocycles. The van der Waals surface area contributed by atoms with Crippen molar-refractivity contribution < 1.29 is 0 Å². The molecular weight excluding hydrogens is 438 g/mol. The standard InChI is InChI=1S/C5H19N27/c1-4-12-13(5-2)17-10-18-16(9-7-8-15(12)17)21-22(18)26-25(21)29-30(26)32-28-24-20-14(6)11(3)19(20)23(24)27(28)31(29)32/h7-10H,4-6H2,1-3H3. The van der Waals surface area contributed by atoms with Gasteiger partial charge in [0, 0.05) is 20.1 Å². The average molecular weight is 457 g/mol. The zero-order valence-corrected chi connectivity index (χ0v) is 16.8. The van der Waals surface area contributed by atoms with Crippen molar-refractivity contribution in [1.29, 1.82) is 0 Å². The van der Waals surface area contributed by atoms with Crippen LogP contribution in [0.5, 0.6) is 0 Å². The zero-order valence-electron chi connectivity index (χ0n) is 16.8. The summed E-state index contributed by atoms with van der Waals surface area (Å²) in [7, 11) is 1.87. The molecule has 27 heteroatoms. The van der Waals surface area contributed by atoms with Gasteiger partial charge in [-0.05, 0) is 108 Å². The van der Waals surface area contributed by atoms with Crippen LogP contribution in [0.2, 0.25) is 0 Å². The van der Waals surface area contributed by atoms with E-state index >= 15 is 0 Å². The van der Waals surface area contributed by atoms with Crippen LogP contribution in [0, 0.1) is 0 Å². The highest BCUT2D eigenvalue weighted by Crippen LogP contribution is 2.62. The van der Waals surface area contributed by atoms with Gasteiger partial charge in [-0.15, -0.1) is 32.0 Å². The van der Waals surface area contributed by atoms with Crippen molar-refractivity contribution in [3.63, 3.8) is 0 Å². The van der Waals surface area contributed by atoms with E-state index < -0.39 is 0 Å². The van der Waals surface area contributed by atoms with E-state index in [1.165, 1.54) is 5.23 Å². The fraction of sp³-hybridized carbons (Fsp3) is 1.00. The summed E-state index contributed by atoms with van der Waals surface area (Å²) in [4.78, 5) is 0. The van der Waals surface area contributed by atoms with E-state index in [9.17, 15) is 0 Å². The molecular formula is C5H19N27. The van der Waals surface area contributed by atoms with Crippen LogP contribution in [0.4, 0.5) is 0 Å². The van der Waals surface area contributed by atoms with Gasteiger partial charge in [0.1, 0.15) is 0 Å². The second-order valence-corrected chi connectivity index (χ2v) is 7.55. The van der Waals surface area contributed by atoms with Crippen molar-refractivity contribution in [2.24, 2.45) is 5.84 Å². The minimum atomic E-state index is 0.792. The second kappa shape index (κ2) is 4.98. The van der Waals surface area contributed by atoms with Crippen LogP contribution in [0.25, 0.3) is 0 Å². The number of nitrogens with zero attached hydrogens (tertiary/aromatic N) is 22. The Labute approximate surface area is 177 Å².